The van der Waals surface area contributed by atoms with Gasteiger partial charge in [0.1, 0.15) is 5.70 Å². The largest absolute Gasteiger partial charge is 0.430 e. The summed E-state index contributed by atoms with van der Waals surface area (Å²) in [6, 6.07) is 0. The molecule has 0 aromatic rings. The van der Waals surface area contributed by atoms with Crippen LogP contribution in [0.2, 0.25) is 0 Å². The van der Waals surface area contributed by atoms with Crippen molar-refractivity contribution in [3.63, 3.8) is 0 Å². The number of ether oxygens (including phenoxy) is 1. The summed E-state index contributed by atoms with van der Waals surface area (Å²) in [5.74, 6) is 0.0956. The number of halogens is 3. The molecule has 0 atom stereocenters. The van der Waals surface area contributed by atoms with E-state index in [0.717, 1.165) is 32.1 Å². The average molecular weight is 263 g/mol. The van der Waals surface area contributed by atoms with Gasteiger partial charge in [-0.25, -0.2) is 0 Å². The Balaban J connectivity index is 2.10. The zero-order chi connectivity index (χ0) is 13.0. The summed E-state index contributed by atoms with van der Waals surface area (Å²) in [6.07, 6.45) is 2.27. The van der Waals surface area contributed by atoms with Crippen molar-refractivity contribution < 1.29 is 17.9 Å². The fourth-order valence-corrected chi connectivity index (χ4v) is 2.71. The number of hydrogen-bond acceptors (Lipinski definition) is 2. The van der Waals surface area contributed by atoms with Crippen LogP contribution in [-0.2, 0) is 4.74 Å². The van der Waals surface area contributed by atoms with Gasteiger partial charge in [-0.2, -0.15) is 13.2 Å². The van der Waals surface area contributed by atoms with Crippen LogP contribution in [0.25, 0.3) is 0 Å². The van der Waals surface area contributed by atoms with E-state index in [4.69, 9.17) is 4.74 Å². The lowest BCUT2D eigenvalue weighted by atomic mass is 9.88. The van der Waals surface area contributed by atoms with Crippen LogP contribution in [-0.4, -0.2) is 37.4 Å². The molecule has 18 heavy (non-hydrogen) atoms. The van der Waals surface area contributed by atoms with Crippen molar-refractivity contribution in [2.75, 3.05) is 26.3 Å². The molecule has 5 heteroatoms. The monoisotopic (exact) mass is 263 g/mol. The fraction of sp³-hybridized carbons (Fsp3) is 0.846. The Morgan fingerprint density at radius 2 is 1.67 bits per heavy atom. The molecule has 0 unspecified atom stereocenters. The zero-order valence-electron chi connectivity index (χ0n) is 10.5. The van der Waals surface area contributed by atoms with Gasteiger partial charge in [-0.15, -0.1) is 0 Å². The van der Waals surface area contributed by atoms with E-state index in [2.05, 4.69) is 0 Å². The first-order valence-electron chi connectivity index (χ1n) is 6.69. The quantitative estimate of drug-likeness (QED) is 0.757. The minimum Gasteiger partial charge on any atom is -0.378 e. The highest BCUT2D eigenvalue weighted by Crippen LogP contribution is 2.33. The van der Waals surface area contributed by atoms with Crippen molar-refractivity contribution in [1.82, 2.24) is 4.90 Å². The third-order valence-corrected chi connectivity index (χ3v) is 3.69. The van der Waals surface area contributed by atoms with Crippen LogP contribution in [0.3, 0.4) is 0 Å². The zero-order valence-corrected chi connectivity index (χ0v) is 10.5. The molecule has 1 saturated heterocycles. The number of alkyl halides is 3. The summed E-state index contributed by atoms with van der Waals surface area (Å²) in [5.41, 5.74) is -0.447. The SMILES string of the molecule is FC(F)(F)/C(=C/C1CCCCC1)N1CCOCC1. The number of hydrogen-bond donors (Lipinski definition) is 0. The van der Waals surface area contributed by atoms with E-state index in [0.29, 0.717) is 26.3 Å². The molecule has 1 aliphatic carbocycles. The van der Waals surface area contributed by atoms with Crippen molar-refractivity contribution >= 4 is 0 Å². The predicted molar refractivity (Wildman–Crippen MR) is 63.1 cm³/mol. The van der Waals surface area contributed by atoms with Gasteiger partial charge in [-0.1, -0.05) is 25.3 Å². The van der Waals surface area contributed by atoms with Crippen molar-refractivity contribution in [2.24, 2.45) is 5.92 Å². The van der Waals surface area contributed by atoms with E-state index in [1.807, 2.05) is 0 Å². The highest BCUT2D eigenvalue weighted by Gasteiger charge is 2.38. The molecule has 2 fully saturated rings. The first-order chi connectivity index (χ1) is 8.57. The molecule has 1 saturated carbocycles. The van der Waals surface area contributed by atoms with Gasteiger partial charge >= 0.3 is 6.18 Å². The van der Waals surface area contributed by atoms with Gasteiger partial charge in [0.15, 0.2) is 0 Å². The molecular weight excluding hydrogens is 243 g/mol. The van der Waals surface area contributed by atoms with Gasteiger partial charge in [0.25, 0.3) is 0 Å². The Morgan fingerprint density at radius 1 is 1.06 bits per heavy atom. The molecule has 1 heterocycles. The Labute approximate surface area is 106 Å². The first-order valence-corrected chi connectivity index (χ1v) is 6.69. The highest BCUT2D eigenvalue weighted by atomic mass is 19.4. The second kappa shape index (κ2) is 5.95. The normalized spacial score (nSPS) is 24.4. The molecule has 1 aliphatic heterocycles. The van der Waals surface area contributed by atoms with Gasteiger partial charge in [-0.05, 0) is 18.8 Å². The molecule has 104 valence electrons. The van der Waals surface area contributed by atoms with Crippen molar-refractivity contribution in [3.8, 4) is 0 Å². The minimum absolute atomic E-state index is 0.0956. The smallest absolute Gasteiger partial charge is 0.378 e. The summed E-state index contributed by atoms with van der Waals surface area (Å²) in [4.78, 5) is 1.43. The van der Waals surface area contributed by atoms with E-state index in [1.165, 1.54) is 11.0 Å². The predicted octanol–water partition coefficient (Wildman–Crippen LogP) is 3.35. The summed E-state index contributed by atoms with van der Waals surface area (Å²) in [6.45, 7) is 1.46. The summed E-state index contributed by atoms with van der Waals surface area (Å²) in [7, 11) is 0. The second-order valence-electron chi connectivity index (χ2n) is 5.05. The van der Waals surface area contributed by atoms with Gasteiger partial charge in [0.05, 0.1) is 13.2 Å². The van der Waals surface area contributed by atoms with E-state index >= 15 is 0 Å². The van der Waals surface area contributed by atoms with Gasteiger partial charge in [0.2, 0.25) is 0 Å². The average Bonchev–Trinajstić information content (AvgIpc) is 2.37. The van der Waals surface area contributed by atoms with Gasteiger partial charge in [-0.3, -0.25) is 0 Å². The maximum Gasteiger partial charge on any atom is 0.430 e. The van der Waals surface area contributed by atoms with Crippen LogP contribution in [0.1, 0.15) is 32.1 Å². The molecule has 0 aromatic carbocycles. The first kappa shape index (κ1) is 13.7. The third kappa shape index (κ3) is 3.64. The maximum atomic E-state index is 13.1. The number of rotatable bonds is 2. The van der Waals surface area contributed by atoms with Crippen LogP contribution >= 0.6 is 0 Å². The van der Waals surface area contributed by atoms with Crippen LogP contribution in [0.4, 0.5) is 13.2 Å². The molecule has 0 aromatic heterocycles. The number of morpholine rings is 1. The highest BCUT2D eigenvalue weighted by molar-refractivity contribution is 5.11. The fourth-order valence-electron chi connectivity index (χ4n) is 2.71. The topological polar surface area (TPSA) is 12.5 Å². The molecule has 2 rings (SSSR count). The van der Waals surface area contributed by atoms with Crippen molar-refractivity contribution in [1.29, 1.82) is 0 Å². The van der Waals surface area contributed by atoms with Crippen LogP contribution < -0.4 is 0 Å². The summed E-state index contributed by atoms with van der Waals surface area (Å²) >= 11 is 0. The number of nitrogens with zero attached hydrogens (tertiary/aromatic N) is 1. The summed E-state index contributed by atoms with van der Waals surface area (Å²) in [5, 5.41) is 0. The molecule has 2 aliphatic rings. The molecule has 0 spiro atoms. The van der Waals surface area contributed by atoms with Crippen LogP contribution in [0.15, 0.2) is 11.8 Å². The van der Waals surface area contributed by atoms with Gasteiger partial charge in [0, 0.05) is 13.1 Å². The van der Waals surface area contributed by atoms with Crippen molar-refractivity contribution in [2.45, 2.75) is 38.3 Å². The Hall–Kier alpha value is -0.710. The lowest BCUT2D eigenvalue weighted by Gasteiger charge is -2.33. The molecule has 0 amide bonds. The van der Waals surface area contributed by atoms with E-state index in [1.54, 1.807) is 0 Å². The lowest BCUT2D eigenvalue weighted by Crippen LogP contribution is -2.40. The molecule has 0 N–H and O–H groups in total. The lowest BCUT2D eigenvalue weighted by molar-refractivity contribution is -0.118. The Kier molecular flexibility index (Phi) is 4.54. The summed E-state index contributed by atoms with van der Waals surface area (Å²) < 4.78 is 44.4. The Bertz CT molecular complexity index is 289. The molecule has 0 bridgehead atoms. The second-order valence-corrected chi connectivity index (χ2v) is 5.05. The molecule has 2 nitrogen and oxygen atoms in total. The van der Waals surface area contributed by atoms with Crippen LogP contribution in [0, 0.1) is 5.92 Å². The number of allylic oxidation sites excluding steroid dienone is 2. The minimum atomic E-state index is -4.24. The van der Waals surface area contributed by atoms with E-state index in [9.17, 15) is 13.2 Å². The standard InChI is InChI=1S/C13H20F3NO/c14-13(15,16)12(17-6-8-18-9-7-17)10-11-4-2-1-3-5-11/h10-11H,1-9H2/b12-10-. The van der Waals surface area contributed by atoms with Crippen molar-refractivity contribution in [3.05, 3.63) is 11.8 Å². The molecular formula is C13H20F3NO. The Morgan fingerprint density at radius 3 is 2.22 bits per heavy atom. The van der Waals surface area contributed by atoms with Gasteiger partial charge < -0.3 is 9.64 Å². The van der Waals surface area contributed by atoms with E-state index in [-0.39, 0.29) is 5.92 Å². The maximum absolute atomic E-state index is 13.1. The molecule has 0 radical (unpaired) electrons. The van der Waals surface area contributed by atoms with E-state index < -0.39 is 11.9 Å². The third-order valence-electron chi connectivity index (χ3n) is 3.69. The van der Waals surface area contributed by atoms with Crippen LogP contribution in [0.5, 0.6) is 0 Å².